The first-order valence-corrected chi connectivity index (χ1v) is 8.35. The van der Waals surface area contributed by atoms with Gasteiger partial charge in [0.2, 0.25) is 5.91 Å². The number of nitrogens with zero attached hydrogens (tertiary/aromatic N) is 1. The third-order valence-corrected chi connectivity index (χ3v) is 5.25. The molecule has 1 saturated carbocycles. The fourth-order valence-corrected chi connectivity index (χ4v) is 4.02. The minimum atomic E-state index is -0.211. The summed E-state index contributed by atoms with van der Waals surface area (Å²) in [5, 5.41) is 0. The highest BCUT2D eigenvalue weighted by Crippen LogP contribution is 2.38. The van der Waals surface area contributed by atoms with Crippen LogP contribution in [0.5, 0.6) is 0 Å². The molecule has 2 unspecified atom stereocenters. The zero-order valence-electron chi connectivity index (χ0n) is 13.6. The van der Waals surface area contributed by atoms with Crippen LogP contribution in [0.3, 0.4) is 0 Å². The molecule has 0 spiro atoms. The second-order valence-corrected chi connectivity index (χ2v) is 6.98. The molecule has 2 N–H and O–H groups in total. The van der Waals surface area contributed by atoms with E-state index in [0.29, 0.717) is 23.8 Å². The Morgan fingerprint density at radius 1 is 1.35 bits per heavy atom. The van der Waals surface area contributed by atoms with Gasteiger partial charge in [0.05, 0.1) is 6.04 Å². The van der Waals surface area contributed by atoms with E-state index in [2.05, 4.69) is 6.92 Å². The number of hydrogen-bond acceptors (Lipinski definition) is 2. The molecule has 1 aromatic carbocycles. The molecule has 1 aliphatic carbocycles. The van der Waals surface area contributed by atoms with E-state index in [-0.39, 0.29) is 36.2 Å². The quantitative estimate of drug-likeness (QED) is 0.912. The fraction of sp³-hybridized carbons (Fsp3) is 0.611. The molecular formula is C18H26ClFN2O. The van der Waals surface area contributed by atoms with Gasteiger partial charge in [-0.1, -0.05) is 31.5 Å². The second-order valence-electron chi connectivity index (χ2n) is 6.98. The number of carbonyl (C=O) groups is 1. The van der Waals surface area contributed by atoms with Crippen molar-refractivity contribution in [1.82, 2.24) is 4.90 Å². The average Bonchev–Trinajstić information content (AvgIpc) is 3.06. The summed E-state index contributed by atoms with van der Waals surface area (Å²) in [4.78, 5) is 14.6. The van der Waals surface area contributed by atoms with Crippen LogP contribution < -0.4 is 5.73 Å². The van der Waals surface area contributed by atoms with Crippen LogP contribution in [0, 0.1) is 17.7 Å². The number of rotatable bonds is 3. The Morgan fingerprint density at radius 2 is 2.09 bits per heavy atom. The Balaban J connectivity index is 0.00000192. The molecule has 1 amide bonds. The third-order valence-electron chi connectivity index (χ3n) is 5.25. The van der Waals surface area contributed by atoms with Crippen LogP contribution in [0.4, 0.5) is 4.39 Å². The molecule has 1 aromatic rings. The van der Waals surface area contributed by atoms with Gasteiger partial charge in [-0.05, 0) is 37.2 Å². The van der Waals surface area contributed by atoms with Crippen molar-refractivity contribution in [2.24, 2.45) is 17.6 Å². The molecule has 1 aliphatic heterocycles. The molecule has 3 nitrogen and oxygen atoms in total. The summed E-state index contributed by atoms with van der Waals surface area (Å²) in [6.07, 6.45) is 4.53. The number of nitrogens with two attached hydrogens (primary N) is 1. The van der Waals surface area contributed by atoms with Crippen molar-refractivity contribution in [1.29, 1.82) is 0 Å². The molecule has 4 atom stereocenters. The van der Waals surface area contributed by atoms with E-state index in [9.17, 15) is 9.18 Å². The lowest BCUT2D eigenvalue weighted by atomic mass is 9.98. The Labute approximate surface area is 143 Å². The summed E-state index contributed by atoms with van der Waals surface area (Å²) in [5.74, 6) is 0.632. The molecule has 5 heteroatoms. The fourth-order valence-electron chi connectivity index (χ4n) is 4.02. The molecule has 128 valence electrons. The van der Waals surface area contributed by atoms with Gasteiger partial charge >= 0.3 is 0 Å². The van der Waals surface area contributed by atoms with Gasteiger partial charge in [0.15, 0.2) is 0 Å². The largest absolute Gasteiger partial charge is 0.335 e. The predicted octanol–water partition coefficient (Wildman–Crippen LogP) is 3.67. The van der Waals surface area contributed by atoms with Gasteiger partial charge in [-0.3, -0.25) is 4.79 Å². The highest BCUT2D eigenvalue weighted by molar-refractivity contribution is 5.85. The van der Waals surface area contributed by atoms with Crippen LogP contribution in [0.1, 0.15) is 50.6 Å². The minimum absolute atomic E-state index is 0. The zero-order chi connectivity index (χ0) is 15.7. The second kappa shape index (κ2) is 7.63. The van der Waals surface area contributed by atoms with Crippen LogP contribution in [0.15, 0.2) is 24.3 Å². The van der Waals surface area contributed by atoms with E-state index in [1.54, 1.807) is 12.1 Å². The molecule has 0 radical (unpaired) electrons. The normalized spacial score (nSPS) is 30.3. The van der Waals surface area contributed by atoms with Crippen LogP contribution >= 0.6 is 12.4 Å². The standard InChI is InChI=1S/C18H25FN2O.ClH/c1-12-9-17(14-6-2-3-7-15(14)19)21(11-12)18(22)10-13-5-4-8-16(13)20;/h2-3,6-7,12-13,16-17H,4-5,8-11,20H2,1H3;1H/t12?,13-,16+,17?;/m0./s1. The molecule has 0 bridgehead atoms. The van der Waals surface area contributed by atoms with Crippen LogP contribution in [0.25, 0.3) is 0 Å². The number of carbonyl (C=O) groups excluding carboxylic acids is 1. The van der Waals surface area contributed by atoms with Gasteiger partial charge in [0, 0.05) is 24.6 Å². The van der Waals surface area contributed by atoms with Crippen molar-refractivity contribution in [3.8, 4) is 0 Å². The maximum atomic E-state index is 14.1. The van der Waals surface area contributed by atoms with Crippen molar-refractivity contribution in [2.45, 2.75) is 51.1 Å². The topological polar surface area (TPSA) is 46.3 Å². The number of halogens is 2. The number of likely N-dealkylation sites (tertiary alicyclic amines) is 1. The van der Waals surface area contributed by atoms with E-state index in [4.69, 9.17) is 5.73 Å². The van der Waals surface area contributed by atoms with Crippen molar-refractivity contribution < 1.29 is 9.18 Å². The van der Waals surface area contributed by atoms with E-state index in [0.717, 1.165) is 32.2 Å². The number of benzene rings is 1. The van der Waals surface area contributed by atoms with E-state index in [1.807, 2.05) is 11.0 Å². The molecule has 2 fully saturated rings. The highest BCUT2D eigenvalue weighted by Gasteiger charge is 2.37. The molecule has 3 rings (SSSR count). The minimum Gasteiger partial charge on any atom is -0.335 e. The Morgan fingerprint density at radius 3 is 2.74 bits per heavy atom. The van der Waals surface area contributed by atoms with Crippen LogP contribution in [-0.2, 0) is 4.79 Å². The van der Waals surface area contributed by atoms with Gasteiger partial charge in [-0.15, -0.1) is 12.4 Å². The lowest BCUT2D eigenvalue weighted by molar-refractivity contribution is -0.133. The smallest absolute Gasteiger partial charge is 0.223 e. The predicted molar refractivity (Wildman–Crippen MR) is 91.8 cm³/mol. The summed E-state index contributed by atoms with van der Waals surface area (Å²) in [7, 11) is 0. The van der Waals surface area contributed by atoms with E-state index < -0.39 is 0 Å². The Kier molecular flexibility index (Phi) is 6.04. The van der Waals surface area contributed by atoms with Crippen molar-refractivity contribution in [2.75, 3.05) is 6.54 Å². The Hall–Kier alpha value is -1.13. The lowest BCUT2D eigenvalue weighted by Gasteiger charge is -2.27. The maximum Gasteiger partial charge on any atom is 0.223 e. The van der Waals surface area contributed by atoms with Crippen LogP contribution in [-0.4, -0.2) is 23.4 Å². The molecule has 2 aliphatic rings. The first-order valence-electron chi connectivity index (χ1n) is 8.35. The zero-order valence-corrected chi connectivity index (χ0v) is 14.4. The number of amides is 1. The molecule has 23 heavy (non-hydrogen) atoms. The van der Waals surface area contributed by atoms with Gasteiger partial charge in [0.1, 0.15) is 5.82 Å². The SMILES string of the molecule is CC1CC(c2ccccc2F)N(C(=O)C[C@@H]2CCC[C@H]2N)C1.Cl. The van der Waals surface area contributed by atoms with E-state index >= 15 is 0 Å². The molecular weight excluding hydrogens is 315 g/mol. The molecule has 1 saturated heterocycles. The van der Waals surface area contributed by atoms with Crippen LogP contribution in [0.2, 0.25) is 0 Å². The first-order chi connectivity index (χ1) is 10.6. The lowest BCUT2D eigenvalue weighted by Crippen LogP contribution is -2.35. The van der Waals surface area contributed by atoms with Gasteiger partial charge < -0.3 is 10.6 Å². The molecule has 0 aromatic heterocycles. The summed E-state index contributed by atoms with van der Waals surface area (Å²) < 4.78 is 14.1. The maximum absolute atomic E-state index is 14.1. The van der Waals surface area contributed by atoms with Gasteiger partial charge in [0.25, 0.3) is 0 Å². The average molecular weight is 341 g/mol. The van der Waals surface area contributed by atoms with E-state index in [1.165, 1.54) is 6.07 Å². The van der Waals surface area contributed by atoms with Gasteiger partial charge in [-0.25, -0.2) is 4.39 Å². The summed E-state index contributed by atoms with van der Waals surface area (Å²) in [5.41, 5.74) is 6.74. The number of hydrogen-bond donors (Lipinski definition) is 1. The van der Waals surface area contributed by atoms with Crippen molar-refractivity contribution >= 4 is 18.3 Å². The van der Waals surface area contributed by atoms with Crippen molar-refractivity contribution in [3.05, 3.63) is 35.6 Å². The summed E-state index contributed by atoms with van der Waals surface area (Å²) in [6.45, 7) is 2.85. The first kappa shape index (κ1) is 18.2. The summed E-state index contributed by atoms with van der Waals surface area (Å²) in [6, 6.07) is 6.85. The van der Waals surface area contributed by atoms with Gasteiger partial charge in [-0.2, -0.15) is 0 Å². The monoisotopic (exact) mass is 340 g/mol. The Bertz CT molecular complexity index is 554. The third kappa shape index (κ3) is 3.86. The molecule has 1 heterocycles. The summed E-state index contributed by atoms with van der Waals surface area (Å²) >= 11 is 0. The van der Waals surface area contributed by atoms with Crippen molar-refractivity contribution in [3.63, 3.8) is 0 Å². The highest BCUT2D eigenvalue weighted by atomic mass is 35.5.